The van der Waals surface area contributed by atoms with Gasteiger partial charge < -0.3 is 0 Å². The van der Waals surface area contributed by atoms with Crippen molar-refractivity contribution in [2.75, 3.05) is 0 Å². The fourth-order valence-electron chi connectivity index (χ4n) is 10.1. The van der Waals surface area contributed by atoms with Gasteiger partial charge in [-0.1, -0.05) is 86.6 Å². The van der Waals surface area contributed by atoms with Crippen molar-refractivity contribution >= 4 is 0 Å². The molecule has 0 nitrogen and oxygen atoms in total. The van der Waals surface area contributed by atoms with Gasteiger partial charge in [-0.2, -0.15) is 0 Å². The Morgan fingerprint density at radius 1 is 1.06 bits per heavy atom. The lowest BCUT2D eigenvalue weighted by molar-refractivity contribution is 0.104. The van der Waals surface area contributed by atoms with Gasteiger partial charge in [0.1, 0.15) is 0 Å². The molecule has 10 atom stereocenters. The van der Waals surface area contributed by atoms with E-state index in [2.05, 4.69) is 68.9 Å². The van der Waals surface area contributed by atoms with Crippen LogP contribution in [0.4, 0.5) is 0 Å². The third-order valence-corrected chi connectivity index (χ3v) is 12.8. The molecule has 0 spiro atoms. The molecule has 10 unspecified atom stereocenters. The minimum atomic E-state index is 0.475. The normalized spacial score (nSPS) is 45.8. The van der Waals surface area contributed by atoms with Gasteiger partial charge in [-0.25, -0.2) is 0 Å². The molecule has 0 amide bonds. The molecule has 0 bridgehead atoms. The van der Waals surface area contributed by atoms with E-state index in [1.807, 2.05) is 0 Å². The summed E-state index contributed by atoms with van der Waals surface area (Å²) in [7, 11) is 0. The highest BCUT2D eigenvalue weighted by Crippen LogP contribution is 2.78. The van der Waals surface area contributed by atoms with Crippen LogP contribution < -0.4 is 0 Å². The second-order valence-electron chi connectivity index (χ2n) is 14.8. The van der Waals surface area contributed by atoms with Gasteiger partial charge in [-0.05, 0) is 115 Å². The molecule has 4 aliphatic carbocycles. The molecular formula is C33H58. The van der Waals surface area contributed by atoms with Crippen LogP contribution in [-0.4, -0.2) is 0 Å². The summed E-state index contributed by atoms with van der Waals surface area (Å²) in [4.78, 5) is 0. The Kier molecular flexibility index (Phi) is 7.04. The molecule has 4 rings (SSSR count). The topological polar surface area (TPSA) is 0 Å². The molecule has 0 heteroatoms. The van der Waals surface area contributed by atoms with E-state index in [9.17, 15) is 0 Å². The Morgan fingerprint density at radius 3 is 2.21 bits per heavy atom. The van der Waals surface area contributed by atoms with E-state index in [-0.39, 0.29) is 0 Å². The average molecular weight is 455 g/mol. The van der Waals surface area contributed by atoms with Crippen molar-refractivity contribution in [1.82, 2.24) is 0 Å². The van der Waals surface area contributed by atoms with E-state index in [0.29, 0.717) is 16.2 Å². The molecule has 0 heterocycles. The number of rotatable bonds is 12. The third kappa shape index (κ3) is 4.31. The summed E-state index contributed by atoms with van der Waals surface area (Å²) < 4.78 is 0. The molecule has 0 N–H and O–H groups in total. The molecule has 0 aromatic rings. The Bertz CT molecular complexity index is 712. The first kappa shape index (κ1) is 25.8. The standard InChI is InChI=1S/C33H58/c1-11-14-26-25(12-2)30(23-15-16-23)22(6)27(26)18-24(17-21(4)5)28-19-29(28)31(7,8)33(10)20-32(33,9)13-3/h22-30H,4,11-20H2,1-3,5-10H3. The zero-order valence-corrected chi connectivity index (χ0v) is 24.0. The molecule has 0 saturated heterocycles. The summed E-state index contributed by atoms with van der Waals surface area (Å²) in [6.07, 6.45) is 14.4. The van der Waals surface area contributed by atoms with Crippen LogP contribution in [0.2, 0.25) is 0 Å². The minimum absolute atomic E-state index is 0.475. The van der Waals surface area contributed by atoms with Crippen molar-refractivity contribution in [1.29, 1.82) is 0 Å². The van der Waals surface area contributed by atoms with Crippen molar-refractivity contribution in [3.8, 4) is 0 Å². The Morgan fingerprint density at radius 2 is 1.73 bits per heavy atom. The number of allylic oxidation sites excluding steroid dienone is 1. The first-order chi connectivity index (χ1) is 15.5. The molecule has 0 aromatic carbocycles. The van der Waals surface area contributed by atoms with E-state index in [0.717, 1.165) is 53.3 Å². The van der Waals surface area contributed by atoms with Gasteiger partial charge >= 0.3 is 0 Å². The van der Waals surface area contributed by atoms with E-state index in [1.165, 1.54) is 69.8 Å². The molecule has 0 aromatic heterocycles. The summed E-state index contributed by atoms with van der Waals surface area (Å²) in [6, 6.07) is 0. The minimum Gasteiger partial charge on any atom is -0.100 e. The van der Waals surface area contributed by atoms with Crippen LogP contribution >= 0.6 is 0 Å². The van der Waals surface area contributed by atoms with Gasteiger partial charge in [0.15, 0.2) is 0 Å². The molecule has 190 valence electrons. The first-order valence-electron chi connectivity index (χ1n) is 15.1. The van der Waals surface area contributed by atoms with Crippen LogP contribution in [0.3, 0.4) is 0 Å². The van der Waals surface area contributed by atoms with Crippen LogP contribution in [0.15, 0.2) is 12.2 Å². The highest BCUT2D eigenvalue weighted by atomic mass is 14.7. The summed E-state index contributed by atoms with van der Waals surface area (Å²) in [5.41, 5.74) is 3.02. The summed E-state index contributed by atoms with van der Waals surface area (Å²) in [5.74, 6) is 8.77. The Balaban J connectivity index is 1.52. The molecule has 4 fully saturated rings. The van der Waals surface area contributed by atoms with Gasteiger partial charge in [-0.3, -0.25) is 0 Å². The Hall–Kier alpha value is -0.260. The van der Waals surface area contributed by atoms with Crippen molar-refractivity contribution in [2.24, 2.45) is 69.5 Å². The zero-order valence-electron chi connectivity index (χ0n) is 24.0. The van der Waals surface area contributed by atoms with Crippen LogP contribution in [0.1, 0.15) is 127 Å². The molecule has 4 saturated carbocycles. The van der Waals surface area contributed by atoms with Crippen LogP contribution in [0.5, 0.6) is 0 Å². The molecule has 0 radical (unpaired) electrons. The smallest absolute Gasteiger partial charge is 0.0212 e. The van der Waals surface area contributed by atoms with E-state index in [4.69, 9.17) is 0 Å². The van der Waals surface area contributed by atoms with E-state index in [1.54, 1.807) is 0 Å². The lowest BCUT2D eigenvalue weighted by Gasteiger charge is -2.38. The van der Waals surface area contributed by atoms with E-state index < -0.39 is 0 Å². The van der Waals surface area contributed by atoms with Crippen molar-refractivity contribution in [3.05, 3.63) is 12.2 Å². The number of hydrogen-bond acceptors (Lipinski definition) is 0. The number of hydrogen-bond donors (Lipinski definition) is 0. The quantitative estimate of drug-likeness (QED) is 0.257. The van der Waals surface area contributed by atoms with Gasteiger partial charge in [0.25, 0.3) is 0 Å². The van der Waals surface area contributed by atoms with Crippen LogP contribution in [0, 0.1) is 69.5 Å². The molecule has 4 aliphatic rings. The van der Waals surface area contributed by atoms with Crippen LogP contribution in [-0.2, 0) is 0 Å². The largest absolute Gasteiger partial charge is 0.100 e. The molecule has 0 aliphatic heterocycles. The maximum atomic E-state index is 4.42. The molecular weight excluding hydrogens is 396 g/mol. The second kappa shape index (κ2) is 9.00. The highest BCUT2D eigenvalue weighted by molar-refractivity contribution is 5.20. The van der Waals surface area contributed by atoms with Gasteiger partial charge in [0.2, 0.25) is 0 Å². The SMILES string of the molecule is C=C(C)CC(CC1C(C)C(C2CC2)C(CC)C1CCC)C1CC1C(C)(C)C1(C)CC1(C)CC. The maximum absolute atomic E-state index is 4.42. The first-order valence-corrected chi connectivity index (χ1v) is 15.1. The van der Waals surface area contributed by atoms with Gasteiger partial charge in [0.05, 0.1) is 0 Å². The van der Waals surface area contributed by atoms with Gasteiger partial charge in [-0.15, -0.1) is 6.58 Å². The van der Waals surface area contributed by atoms with Crippen molar-refractivity contribution in [3.63, 3.8) is 0 Å². The fraction of sp³-hybridized carbons (Fsp3) is 0.939. The van der Waals surface area contributed by atoms with Crippen LogP contribution in [0.25, 0.3) is 0 Å². The molecule has 33 heavy (non-hydrogen) atoms. The van der Waals surface area contributed by atoms with Crippen molar-refractivity contribution in [2.45, 2.75) is 127 Å². The fourth-order valence-corrected chi connectivity index (χ4v) is 10.1. The highest BCUT2D eigenvalue weighted by Gasteiger charge is 2.71. The zero-order chi connectivity index (χ0) is 24.3. The van der Waals surface area contributed by atoms with Gasteiger partial charge in [0, 0.05) is 0 Å². The van der Waals surface area contributed by atoms with Crippen molar-refractivity contribution < 1.29 is 0 Å². The second-order valence-corrected chi connectivity index (χ2v) is 14.8. The third-order valence-electron chi connectivity index (χ3n) is 12.8. The average Bonchev–Trinajstić information content (AvgIpc) is 3.64. The lowest BCUT2D eigenvalue weighted by atomic mass is 9.66. The predicted molar refractivity (Wildman–Crippen MR) is 145 cm³/mol. The summed E-state index contributed by atoms with van der Waals surface area (Å²) in [5, 5.41) is 0. The summed E-state index contributed by atoms with van der Waals surface area (Å²) >= 11 is 0. The lowest BCUT2D eigenvalue weighted by Crippen LogP contribution is -2.32. The maximum Gasteiger partial charge on any atom is -0.0212 e. The summed E-state index contributed by atoms with van der Waals surface area (Å²) in [6.45, 7) is 27.2. The van der Waals surface area contributed by atoms with E-state index >= 15 is 0 Å². The Labute approximate surface area is 208 Å². The monoisotopic (exact) mass is 454 g/mol. The predicted octanol–water partition coefficient (Wildman–Crippen LogP) is 10.2.